The molecule has 1 N–H and O–H groups in total. The SMILES string of the molecule is Cc1ccc(-c2cn3c(CC(=O)NCCc4ccccc4)csc3n2)cc1C.Cl. The van der Waals surface area contributed by atoms with Gasteiger partial charge in [0, 0.05) is 29.4 Å². The molecule has 6 heteroatoms. The molecule has 0 aliphatic carbocycles. The molecule has 0 spiro atoms. The maximum Gasteiger partial charge on any atom is 0.225 e. The van der Waals surface area contributed by atoms with Gasteiger partial charge in [-0.25, -0.2) is 4.98 Å². The molecule has 0 bridgehead atoms. The maximum atomic E-state index is 12.4. The Bertz CT molecular complexity index is 1120. The zero-order valence-corrected chi connectivity index (χ0v) is 18.1. The van der Waals surface area contributed by atoms with Crippen LogP contribution in [0.15, 0.2) is 60.1 Å². The molecule has 0 atom stereocenters. The highest BCUT2D eigenvalue weighted by Gasteiger charge is 2.13. The Morgan fingerprint density at radius 3 is 2.66 bits per heavy atom. The van der Waals surface area contributed by atoms with E-state index in [0.717, 1.165) is 28.3 Å². The van der Waals surface area contributed by atoms with E-state index in [9.17, 15) is 4.79 Å². The molecule has 0 aliphatic rings. The van der Waals surface area contributed by atoms with Gasteiger partial charge < -0.3 is 5.32 Å². The molecular formula is C23H24ClN3OS. The molecule has 0 aliphatic heterocycles. The zero-order valence-electron chi connectivity index (χ0n) is 16.5. The molecule has 2 aromatic heterocycles. The van der Waals surface area contributed by atoms with Crippen LogP contribution in [0.5, 0.6) is 0 Å². The Morgan fingerprint density at radius 2 is 1.90 bits per heavy atom. The van der Waals surface area contributed by atoms with Crippen LogP contribution in [0.1, 0.15) is 22.4 Å². The predicted octanol–water partition coefficient (Wildman–Crippen LogP) is 5.00. The van der Waals surface area contributed by atoms with E-state index in [2.05, 4.69) is 49.5 Å². The molecule has 0 unspecified atom stereocenters. The highest BCUT2D eigenvalue weighted by atomic mass is 35.5. The van der Waals surface area contributed by atoms with Crippen LogP contribution in [-0.2, 0) is 17.6 Å². The molecular weight excluding hydrogens is 402 g/mol. The van der Waals surface area contributed by atoms with Gasteiger partial charge in [0.2, 0.25) is 5.91 Å². The summed E-state index contributed by atoms with van der Waals surface area (Å²) in [7, 11) is 0. The van der Waals surface area contributed by atoms with E-state index >= 15 is 0 Å². The second-order valence-corrected chi connectivity index (χ2v) is 7.90. The number of benzene rings is 2. The van der Waals surface area contributed by atoms with Gasteiger partial charge in [-0.3, -0.25) is 9.20 Å². The standard InChI is InChI=1S/C23H23N3OS.ClH/c1-16-8-9-19(12-17(16)2)21-14-26-20(15-28-23(26)25-21)13-22(27)24-11-10-18-6-4-3-5-7-18;/h3-9,12,14-15H,10-11,13H2,1-2H3,(H,24,27);1H. The molecule has 4 rings (SSSR count). The van der Waals surface area contributed by atoms with Gasteiger partial charge in [0.05, 0.1) is 12.1 Å². The Kier molecular flexibility index (Phi) is 6.72. The summed E-state index contributed by atoms with van der Waals surface area (Å²) in [6, 6.07) is 16.6. The second-order valence-electron chi connectivity index (χ2n) is 7.07. The highest BCUT2D eigenvalue weighted by molar-refractivity contribution is 7.15. The number of amides is 1. The largest absolute Gasteiger partial charge is 0.355 e. The quantitative estimate of drug-likeness (QED) is 0.472. The van der Waals surface area contributed by atoms with Gasteiger partial charge in [-0.05, 0) is 43.0 Å². The molecule has 2 heterocycles. The first kappa shape index (κ1) is 21.1. The third kappa shape index (κ3) is 4.86. The molecule has 4 aromatic rings. The molecule has 0 fully saturated rings. The first-order valence-electron chi connectivity index (χ1n) is 9.44. The lowest BCUT2D eigenvalue weighted by molar-refractivity contribution is -0.120. The van der Waals surface area contributed by atoms with Crippen molar-refractivity contribution in [3.8, 4) is 11.3 Å². The lowest BCUT2D eigenvalue weighted by Crippen LogP contribution is -2.27. The minimum Gasteiger partial charge on any atom is -0.355 e. The number of hydrogen-bond acceptors (Lipinski definition) is 3. The van der Waals surface area contributed by atoms with Crippen LogP contribution >= 0.6 is 23.7 Å². The Balaban J connectivity index is 0.00000240. The van der Waals surface area contributed by atoms with Gasteiger partial charge in [0.1, 0.15) is 0 Å². The molecule has 1 amide bonds. The van der Waals surface area contributed by atoms with Crippen molar-refractivity contribution in [1.29, 1.82) is 0 Å². The van der Waals surface area contributed by atoms with Crippen molar-refractivity contribution in [2.24, 2.45) is 0 Å². The minimum atomic E-state index is 0. The summed E-state index contributed by atoms with van der Waals surface area (Å²) in [4.78, 5) is 18.0. The number of carbonyl (C=O) groups excluding carboxylic acids is 1. The first-order chi connectivity index (χ1) is 13.6. The zero-order chi connectivity index (χ0) is 19.5. The van der Waals surface area contributed by atoms with Crippen LogP contribution in [0, 0.1) is 13.8 Å². The summed E-state index contributed by atoms with van der Waals surface area (Å²) in [6.07, 6.45) is 3.23. The van der Waals surface area contributed by atoms with Gasteiger partial charge in [0.25, 0.3) is 0 Å². The van der Waals surface area contributed by atoms with E-state index in [-0.39, 0.29) is 18.3 Å². The first-order valence-corrected chi connectivity index (χ1v) is 10.3. The summed E-state index contributed by atoms with van der Waals surface area (Å²) in [5.74, 6) is 0.0389. The van der Waals surface area contributed by atoms with Crippen LogP contribution in [0.4, 0.5) is 0 Å². The van der Waals surface area contributed by atoms with Crippen LogP contribution in [0.3, 0.4) is 0 Å². The van der Waals surface area contributed by atoms with E-state index in [1.54, 1.807) is 11.3 Å². The minimum absolute atomic E-state index is 0. The lowest BCUT2D eigenvalue weighted by Gasteiger charge is -2.05. The molecule has 2 aromatic carbocycles. The monoisotopic (exact) mass is 425 g/mol. The fourth-order valence-corrected chi connectivity index (χ4v) is 4.09. The number of thiazole rings is 1. The van der Waals surface area contributed by atoms with E-state index in [1.807, 2.05) is 34.2 Å². The van der Waals surface area contributed by atoms with Crippen molar-refractivity contribution in [2.75, 3.05) is 6.54 Å². The van der Waals surface area contributed by atoms with E-state index in [4.69, 9.17) is 4.98 Å². The molecule has 0 radical (unpaired) electrons. The van der Waals surface area contributed by atoms with Crippen molar-refractivity contribution < 1.29 is 4.79 Å². The van der Waals surface area contributed by atoms with Gasteiger partial charge in [-0.15, -0.1) is 23.7 Å². The summed E-state index contributed by atoms with van der Waals surface area (Å²) >= 11 is 1.57. The maximum absolute atomic E-state index is 12.4. The topological polar surface area (TPSA) is 46.4 Å². The van der Waals surface area contributed by atoms with E-state index in [0.29, 0.717) is 13.0 Å². The third-order valence-electron chi connectivity index (χ3n) is 5.01. The van der Waals surface area contributed by atoms with E-state index < -0.39 is 0 Å². The Morgan fingerprint density at radius 1 is 1.10 bits per heavy atom. The lowest BCUT2D eigenvalue weighted by atomic mass is 10.0. The van der Waals surface area contributed by atoms with Crippen molar-refractivity contribution in [3.63, 3.8) is 0 Å². The summed E-state index contributed by atoms with van der Waals surface area (Å²) in [5, 5.41) is 5.04. The number of hydrogen-bond donors (Lipinski definition) is 1. The number of carbonyl (C=O) groups is 1. The van der Waals surface area contributed by atoms with Gasteiger partial charge in [-0.1, -0.05) is 42.5 Å². The number of nitrogens with zero attached hydrogens (tertiary/aromatic N) is 2. The van der Waals surface area contributed by atoms with Crippen LogP contribution < -0.4 is 5.32 Å². The highest BCUT2D eigenvalue weighted by Crippen LogP contribution is 2.25. The fourth-order valence-electron chi connectivity index (χ4n) is 3.21. The number of aryl methyl sites for hydroxylation is 2. The molecule has 4 nitrogen and oxygen atoms in total. The molecule has 29 heavy (non-hydrogen) atoms. The number of aromatic nitrogens is 2. The van der Waals surface area contributed by atoms with Crippen molar-refractivity contribution in [2.45, 2.75) is 26.7 Å². The van der Waals surface area contributed by atoms with Gasteiger partial charge in [0.15, 0.2) is 4.96 Å². The number of fused-ring (bicyclic) bond motifs is 1. The van der Waals surface area contributed by atoms with Crippen LogP contribution in [-0.4, -0.2) is 21.8 Å². The summed E-state index contributed by atoms with van der Waals surface area (Å²) in [6.45, 7) is 4.87. The number of imidazole rings is 1. The van der Waals surface area contributed by atoms with Crippen molar-refractivity contribution >= 4 is 34.6 Å². The van der Waals surface area contributed by atoms with Crippen LogP contribution in [0.25, 0.3) is 16.2 Å². The van der Waals surface area contributed by atoms with Crippen LogP contribution in [0.2, 0.25) is 0 Å². The van der Waals surface area contributed by atoms with Crippen molar-refractivity contribution in [3.05, 3.63) is 82.5 Å². The molecule has 0 saturated carbocycles. The third-order valence-corrected chi connectivity index (χ3v) is 5.90. The molecule has 150 valence electrons. The number of rotatable bonds is 6. The second kappa shape index (κ2) is 9.25. The van der Waals surface area contributed by atoms with E-state index in [1.165, 1.54) is 16.7 Å². The fraction of sp³-hybridized carbons (Fsp3) is 0.217. The smallest absolute Gasteiger partial charge is 0.225 e. The number of nitrogens with one attached hydrogen (secondary N) is 1. The average molecular weight is 426 g/mol. The predicted molar refractivity (Wildman–Crippen MR) is 122 cm³/mol. The number of halogens is 1. The van der Waals surface area contributed by atoms with Crippen molar-refractivity contribution in [1.82, 2.24) is 14.7 Å². The van der Waals surface area contributed by atoms with Gasteiger partial charge >= 0.3 is 0 Å². The average Bonchev–Trinajstić information content (AvgIpc) is 3.27. The Labute approximate surface area is 181 Å². The summed E-state index contributed by atoms with van der Waals surface area (Å²) in [5.41, 5.74) is 6.79. The summed E-state index contributed by atoms with van der Waals surface area (Å²) < 4.78 is 2.03. The Hall–Kier alpha value is -2.63. The normalized spacial score (nSPS) is 10.7. The molecule has 0 saturated heterocycles. The van der Waals surface area contributed by atoms with Gasteiger partial charge in [-0.2, -0.15) is 0 Å².